The molecule has 194 valence electrons. The lowest BCUT2D eigenvalue weighted by Crippen LogP contribution is -2.47. The van der Waals surface area contributed by atoms with E-state index in [4.69, 9.17) is 21.6 Å². The largest absolute Gasteiger partial charge is 0.368 e. The van der Waals surface area contributed by atoms with E-state index < -0.39 is 10.8 Å². The number of carbonyl (C=O) groups is 1. The lowest BCUT2D eigenvalue weighted by molar-refractivity contribution is 0.0782. The molecular formula is C26H30ClN7O2S. The Morgan fingerprint density at radius 2 is 1.81 bits per heavy atom. The van der Waals surface area contributed by atoms with E-state index in [-0.39, 0.29) is 11.9 Å². The highest BCUT2D eigenvalue weighted by Crippen LogP contribution is 2.32. The first kappa shape index (κ1) is 24.2. The summed E-state index contributed by atoms with van der Waals surface area (Å²) in [5, 5.41) is 4.28. The third-order valence-electron chi connectivity index (χ3n) is 7.41. The third kappa shape index (κ3) is 4.80. The van der Waals surface area contributed by atoms with Gasteiger partial charge in [0.25, 0.3) is 5.91 Å². The number of hydrogen-bond donors (Lipinski definition) is 1. The van der Waals surface area contributed by atoms with Gasteiger partial charge in [0.15, 0.2) is 0 Å². The van der Waals surface area contributed by atoms with Crippen LogP contribution in [0.4, 0.5) is 17.5 Å². The third-order valence-corrected chi connectivity index (χ3v) is 9.12. The number of amides is 1. The Bertz CT molecular complexity index is 1340. The van der Waals surface area contributed by atoms with Gasteiger partial charge in [0.05, 0.1) is 16.5 Å². The first-order valence-electron chi connectivity index (χ1n) is 12.7. The lowest BCUT2D eigenvalue weighted by Gasteiger charge is -2.36. The zero-order chi connectivity index (χ0) is 25.5. The van der Waals surface area contributed by atoms with Gasteiger partial charge >= 0.3 is 0 Å². The molecule has 9 nitrogen and oxygen atoms in total. The topological polar surface area (TPSA) is 86.6 Å². The highest BCUT2D eigenvalue weighted by atomic mass is 35.5. The summed E-state index contributed by atoms with van der Waals surface area (Å²) in [4.78, 5) is 29.8. The summed E-state index contributed by atoms with van der Waals surface area (Å²) in [5.74, 6) is 1.96. The van der Waals surface area contributed by atoms with Gasteiger partial charge < -0.3 is 24.6 Å². The second-order valence-corrected chi connectivity index (χ2v) is 11.7. The molecule has 0 saturated carbocycles. The van der Waals surface area contributed by atoms with Crippen LogP contribution in [0, 0.1) is 0 Å². The van der Waals surface area contributed by atoms with Crippen LogP contribution in [0.25, 0.3) is 0 Å². The lowest BCUT2D eigenvalue weighted by atomic mass is 10.2. The molecule has 0 aliphatic carbocycles. The smallest absolute Gasteiger partial charge is 0.270 e. The van der Waals surface area contributed by atoms with Crippen LogP contribution < -0.4 is 15.1 Å². The molecule has 2 saturated heterocycles. The molecule has 0 radical (unpaired) electrons. The van der Waals surface area contributed by atoms with E-state index in [0.717, 1.165) is 53.9 Å². The van der Waals surface area contributed by atoms with Crippen LogP contribution in [0.1, 0.15) is 22.6 Å². The van der Waals surface area contributed by atoms with Gasteiger partial charge in [-0.15, -0.1) is 0 Å². The summed E-state index contributed by atoms with van der Waals surface area (Å²) in [7, 11) is 0.775. The van der Waals surface area contributed by atoms with E-state index in [1.807, 2.05) is 47.0 Å². The molecule has 5 heterocycles. The molecule has 0 bridgehead atoms. The summed E-state index contributed by atoms with van der Waals surface area (Å²) in [6.07, 6.45) is 3.39. The number of nitrogens with zero attached hydrogens (tertiary/aromatic N) is 6. The van der Waals surface area contributed by atoms with E-state index in [2.05, 4.69) is 27.2 Å². The van der Waals surface area contributed by atoms with E-state index >= 15 is 0 Å². The Balaban J connectivity index is 1.17. The van der Waals surface area contributed by atoms with Gasteiger partial charge in [-0.1, -0.05) is 11.6 Å². The summed E-state index contributed by atoms with van der Waals surface area (Å²) in [6.45, 7) is 4.58. The number of aryl methyl sites for hydroxylation is 2. The minimum Gasteiger partial charge on any atom is -0.368 e. The Hall–Kier alpha value is -3.11. The molecule has 1 amide bonds. The number of fused-ring (bicyclic) bond motifs is 1. The average molecular weight is 540 g/mol. The SMILES string of the molecule is Cn1cccc1C(=O)N1CCC(Nc2nc(N3CCN(c4ccc(Cl)cc4)CC3)nc3c2[S@](=O)CC3)C1. The maximum atomic E-state index is 13.0. The standard InChI is InChI=1S/C26H30ClN7O2S/c1-31-10-2-3-22(31)25(35)34-11-8-19(17-34)28-24-23-21(9-16-37(23)36)29-26(30-24)33-14-12-32(13-15-33)20-6-4-18(27)5-7-20/h2-7,10,19H,8-9,11-17H2,1H3,(H,28,29,30)/t19?,37-/m1/s1. The number of hydrogen-bond acceptors (Lipinski definition) is 7. The van der Waals surface area contributed by atoms with Gasteiger partial charge in [0.2, 0.25) is 5.95 Å². The van der Waals surface area contributed by atoms with Crippen molar-refractivity contribution < 1.29 is 9.00 Å². The van der Waals surface area contributed by atoms with Gasteiger partial charge in [-0.25, -0.2) is 4.98 Å². The monoisotopic (exact) mass is 539 g/mol. The molecule has 3 aliphatic heterocycles. The van der Waals surface area contributed by atoms with Crippen LogP contribution in [0.5, 0.6) is 0 Å². The normalized spacial score (nSPS) is 21.4. The quantitative estimate of drug-likeness (QED) is 0.533. The predicted octanol–water partition coefficient (Wildman–Crippen LogP) is 2.79. The maximum Gasteiger partial charge on any atom is 0.270 e. The number of rotatable bonds is 5. The number of likely N-dealkylation sites (tertiary alicyclic amines) is 1. The van der Waals surface area contributed by atoms with Crippen molar-refractivity contribution in [2.75, 3.05) is 60.1 Å². The highest BCUT2D eigenvalue weighted by Gasteiger charge is 2.32. The summed E-state index contributed by atoms with van der Waals surface area (Å²) in [5.41, 5.74) is 2.72. The summed E-state index contributed by atoms with van der Waals surface area (Å²) < 4.78 is 14.7. The molecule has 3 aromatic rings. The summed E-state index contributed by atoms with van der Waals surface area (Å²) >= 11 is 6.05. The van der Waals surface area contributed by atoms with Crippen LogP contribution >= 0.6 is 11.6 Å². The van der Waals surface area contributed by atoms with Crippen molar-refractivity contribution in [1.82, 2.24) is 19.4 Å². The van der Waals surface area contributed by atoms with Crippen LogP contribution in [0.15, 0.2) is 47.5 Å². The van der Waals surface area contributed by atoms with Crippen LogP contribution in [-0.2, 0) is 24.3 Å². The molecule has 11 heteroatoms. The number of carbonyl (C=O) groups excluding carboxylic acids is 1. The van der Waals surface area contributed by atoms with E-state index in [1.54, 1.807) is 0 Å². The molecule has 1 unspecified atom stereocenters. The first-order valence-corrected chi connectivity index (χ1v) is 14.4. The second kappa shape index (κ2) is 9.98. The fourth-order valence-electron chi connectivity index (χ4n) is 5.34. The molecule has 1 aromatic carbocycles. The van der Waals surface area contributed by atoms with Crippen LogP contribution in [-0.4, -0.2) is 80.6 Å². The van der Waals surface area contributed by atoms with Crippen molar-refractivity contribution in [2.24, 2.45) is 7.05 Å². The van der Waals surface area contributed by atoms with Gasteiger partial charge in [-0.3, -0.25) is 9.00 Å². The number of benzene rings is 1. The van der Waals surface area contributed by atoms with Crippen molar-refractivity contribution in [1.29, 1.82) is 0 Å². The summed E-state index contributed by atoms with van der Waals surface area (Å²) in [6, 6.07) is 11.7. The number of anilines is 3. The van der Waals surface area contributed by atoms with Crippen molar-refractivity contribution >= 4 is 45.8 Å². The highest BCUT2D eigenvalue weighted by molar-refractivity contribution is 7.85. The van der Waals surface area contributed by atoms with E-state index in [1.165, 1.54) is 0 Å². The number of nitrogens with one attached hydrogen (secondary N) is 1. The van der Waals surface area contributed by atoms with Crippen molar-refractivity contribution in [3.63, 3.8) is 0 Å². The van der Waals surface area contributed by atoms with Crippen molar-refractivity contribution in [3.05, 3.63) is 59.0 Å². The molecule has 2 atom stereocenters. The minimum absolute atomic E-state index is 0.0348. The Kier molecular flexibility index (Phi) is 6.54. The Morgan fingerprint density at radius 1 is 1.05 bits per heavy atom. The molecule has 1 N–H and O–H groups in total. The Labute approximate surface area is 223 Å². The zero-order valence-corrected chi connectivity index (χ0v) is 22.3. The minimum atomic E-state index is -1.11. The fourth-order valence-corrected chi connectivity index (χ4v) is 6.78. The van der Waals surface area contributed by atoms with Gasteiger partial charge in [0.1, 0.15) is 16.4 Å². The maximum absolute atomic E-state index is 13.0. The number of aromatic nitrogens is 3. The molecular weight excluding hydrogens is 510 g/mol. The molecule has 6 rings (SSSR count). The first-order chi connectivity index (χ1) is 18.0. The van der Waals surface area contributed by atoms with Gasteiger partial charge in [0, 0.05) is 81.4 Å². The molecule has 2 aromatic heterocycles. The molecule has 0 spiro atoms. The fraction of sp³-hybridized carbons (Fsp3) is 0.423. The number of piperazine rings is 1. The van der Waals surface area contributed by atoms with Crippen molar-refractivity contribution in [2.45, 2.75) is 23.8 Å². The van der Waals surface area contributed by atoms with Crippen LogP contribution in [0.3, 0.4) is 0 Å². The average Bonchev–Trinajstić information content (AvgIpc) is 3.65. The molecule has 2 fully saturated rings. The van der Waals surface area contributed by atoms with E-state index in [9.17, 15) is 9.00 Å². The van der Waals surface area contributed by atoms with Crippen molar-refractivity contribution in [3.8, 4) is 0 Å². The van der Waals surface area contributed by atoms with Crippen LogP contribution in [0.2, 0.25) is 5.02 Å². The Morgan fingerprint density at radius 3 is 2.54 bits per heavy atom. The van der Waals surface area contributed by atoms with Gasteiger partial charge in [-0.2, -0.15) is 4.98 Å². The molecule has 3 aliphatic rings. The van der Waals surface area contributed by atoms with Gasteiger partial charge in [-0.05, 0) is 42.8 Å². The van der Waals surface area contributed by atoms with E-state index in [0.29, 0.717) is 42.7 Å². The second-order valence-electron chi connectivity index (χ2n) is 9.78. The zero-order valence-electron chi connectivity index (χ0n) is 20.8. The predicted molar refractivity (Wildman–Crippen MR) is 146 cm³/mol. The molecule has 37 heavy (non-hydrogen) atoms. The number of halogens is 1.